The van der Waals surface area contributed by atoms with Crippen LogP contribution in [0.15, 0.2) is 24.4 Å². The summed E-state index contributed by atoms with van der Waals surface area (Å²) < 4.78 is 5.84. The molecule has 0 spiro atoms. The molecule has 0 bridgehead atoms. The highest BCUT2D eigenvalue weighted by atomic mass is 16.6. The molecule has 21 heavy (non-hydrogen) atoms. The summed E-state index contributed by atoms with van der Waals surface area (Å²) in [5.74, 6) is -0.136. The van der Waals surface area contributed by atoms with E-state index in [0.717, 1.165) is 38.2 Å². The van der Waals surface area contributed by atoms with Gasteiger partial charge in [-0.1, -0.05) is 26.3 Å². The van der Waals surface area contributed by atoms with Crippen molar-refractivity contribution in [1.82, 2.24) is 9.88 Å². The summed E-state index contributed by atoms with van der Waals surface area (Å²) in [5, 5.41) is 0. The number of ether oxygens (including phenoxy) is 1. The average molecular weight is 290 g/mol. The first-order valence-corrected chi connectivity index (χ1v) is 8.06. The van der Waals surface area contributed by atoms with E-state index in [2.05, 4.69) is 16.8 Å². The van der Waals surface area contributed by atoms with Crippen molar-refractivity contribution in [2.75, 3.05) is 19.6 Å². The van der Waals surface area contributed by atoms with E-state index in [1.807, 2.05) is 25.1 Å². The lowest BCUT2D eigenvalue weighted by Crippen LogP contribution is -2.45. The van der Waals surface area contributed by atoms with Crippen LogP contribution < -0.4 is 0 Å². The van der Waals surface area contributed by atoms with Crippen molar-refractivity contribution in [1.29, 1.82) is 0 Å². The first-order valence-electron chi connectivity index (χ1n) is 8.06. The van der Waals surface area contributed by atoms with Gasteiger partial charge >= 0.3 is 5.97 Å². The van der Waals surface area contributed by atoms with Crippen LogP contribution in [0.5, 0.6) is 0 Å². The highest BCUT2D eigenvalue weighted by molar-refractivity contribution is 5.69. The third-order valence-electron chi connectivity index (χ3n) is 4.22. The lowest BCUT2D eigenvalue weighted by atomic mass is 9.87. The average Bonchev–Trinajstić information content (AvgIpc) is 2.55. The molecular weight excluding hydrogens is 264 g/mol. The molecule has 4 nitrogen and oxygen atoms in total. The topological polar surface area (TPSA) is 42.4 Å². The standard InChI is InChI=1S/C17H26N2O2/c1-3-5-12-19-13-9-17(10-14-19,21-16(20)4-2)15-8-6-7-11-18-15/h6-8,11H,3-5,9-10,12-14H2,1-2H3. The van der Waals surface area contributed by atoms with Gasteiger partial charge in [0.15, 0.2) is 5.60 Å². The third-order valence-corrected chi connectivity index (χ3v) is 4.22. The quantitative estimate of drug-likeness (QED) is 0.755. The lowest BCUT2D eigenvalue weighted by molar-refractivity contribution is -0.167. The van der Waals surface area contributed by atoms with Crippen LogP contribution in [-0.4, -0.2) is 35.5 Å². The fourth-order valence-electron chi connectivity index (χ4n) is 2.85. The Morgan fingerprint density at radius 1 is 1.33 bits per heavy atom. The van der Waals surface area contributed by atoms with E-state index in [1.54, 1.807) is 6.20 Å². The van der Waals surface area contributed by atoms with Gasteiger partial charge in [-0.15, -0.1) is 0 Å². The maximum Gasteiger partial charge on any atom is 0.306 e. The number of piperidine rings is 1. The van der Waals surface area contributed by atoms with Crippen molar-refractivity contribution in [2.24, 2.45) is 0 Å². The Hall–Kier alpha value is -1.42. The number of esters is 1. The summed E-state index contributed by atoms with van der Waals surface area (Å²) in [6, 6.07) is 5.84. The zero-order valence-electron chi connectivity index (χ0n) is 13.2. The Bertz CT molecular complexity index is 439. The smallest absolute Gasteiger partial charge is 0.306 e. The lowest BCUT2D eigenvalue weighted by Gasteiger charge is -2.40. The van der Waals surface area contributed by atoms with Gasteiger partial charge in [0.25, 0.3) is 0 Å². The molecule has 0 aliphatic carbocycles. The molecule has 1 aromatic heterocycles. The number of rotatable bonds is 6. The molecule has 0 amide bonds. The molecule has 1 saturated heterocycles. The molecule has 1 aliphatic heterocycles. The molecule has 1 aromatic rings. The number of pyridine rings is 1. The third kappa shape index (κ3) is 4.03. The Labute approximate surface area is 127 Å². The second-order valence-electron chi connectivity index (χ2n) is 5.73. The molecular formula is C17H26N2O2. The number of carbonyl (C=O) groups excluding carboxylic acids is 1. The normalized spacial score (nSPS) is 18.4. The Morgan fingerprint density at radius 3 is 2.67 bits per heavy atom. The van der Waals surface area contributed by atoms with E-state index < -0.39 is 5.60 Å². The summed E-state index contributed by atoms with van der Waals surface area (Å²) in [7, 11) is 0. The number of hydrogen-bond donors (Lipinski definition) is 0. The predicted octanol–water partition coefficient (Wildman–Crippen LogP) is 3.13. The molecule has 0 aromatic carbocycles. The summed E-state index contributed by atoms with van der Waals surface area (Å²) in [6.07, 6.45) is 6.30. The second-order valence-corrected chi connectivity index (χ2v) is 5.73. The SMILES string of the molecule is CCCCN1CCC(OC(=O)CC)(c2ccccn2)CC1. The number of carbonyl (C=O) groups is 1. The summed E-state index contributed by atoms with van der Waals surface area (Å²) >= 11 is 0. The first kappa shape index (κ1) is 16.0. The highest BCUT2D eigenvalue weighted by Crippen LogP contribution is 2.36. The minimum absolute atomic E-state index is 0.136. The van der Waals surface area contributed by atoms with Gasteiger partial charge in [0.2, 0.25) is 0 Å². The van der Waals surface area contributed by atoms with Gasteiger partial charge in [0.05, 0.1) is 5.69 Å². The van der Waals surface area contributed by atoms with Crippen molar-refractivity contribution in [2.45, 2.75) is 51.6 Å². The Kier molecular flexibility index (Phi) is 5.74. The van der Waals surface area contributed by atoms with Crippen LogP contribution in [0.1, 0.15) is 51.6 Å². The molecule has 0 unspecified atom stereocenters. The molecule has 2 rings (SSSR count). The van der Waals surface area contributed by atoms with E-state index in [1.165, 1.54) is 12.8 Å². The zero-order chi connectivity index (χ0) is 15.1. The summed E-state index contributed by atoms with van der Waals surface area (Å²) in [6.45, 7) is 7.12. The van der Waals surface area contributed by atoms with Gasteiger partial charge in [0.1, 0.15) is 0 Å². The van der Waals surface area contributed by atoms with Crippen LogP contribution in [0.4, 0.5) is 0 Å². The molecule has 1 fully saturated rings. The number of unbranched alkanes of at least 4 members (excludes halogenated alkanes) is 1. The first-order chi connectivity index (χ1) is 10.2. The molecule has 0 radical (unpaired) electrons. The van der Waals surface area contributed by atoms with Crippen molar-refractivity contribution >= 4 is 5.97 Å². The maximum absolute atomic E-state index is 11.8. The van der Waals surface area contributed by atoms with Crippen LogP contribution in [0, 0.1) is 0 Å². The van der Waals surface area contributed by atoms with Crippen LogP contribution in [0.2, 0.25) is 0 Å². The van der Waals surface area contributed by atoms with Gasteiger partial charge in [-0.05, 0) is 25.1 Å². The molecule has 1 aliphatic rings. The van der Waals surface area contributed by atoms with Crippen molar-refractivity contribution in [3.05, 3.63) is 30.1 Å². The van der Waals surface area contributed by atoms with E-state index >= 15 is 0 Å². The van der Waals surface area contributed by atoms with E-state index in [9.17, 15) is 4.79 Å². The Morgan fingerprint density at radius 2 is 2.10 bits per heavy atom. The fraction of sp³-hybridized carbons (Fsp3) is 0.647. The van der Waals surface area contributed by atoms with Crippen LogP contribution >= 0.6 is 0 Å². The zero-order valence-corrected chi connectivity index (χ0v) is 13.2. The number of likely N-dealkylation sites (tertiary alicyclic amines) is 1. The van der Waals surface area contributed by atoms with Gasteiger partial charge < -0.3 is 9.64 Å². The number of hydrogen-bond acceptors (Lipinski definition) is 4. The van der Waals surface area contributed by atoms with E-state index in [0.29, 0.717) is 6.42 Å². The minimum Gasteiger partial charge on any atom is -0.452 e. The van der Waals surface area contributed by atoms with Gasteiger partial charge in [0, 0.05) is 38.5 Å². The van der Waals surface area contributed by atoms with Gasteiger partial charge in [-0.2, -0.15) is 0 Å². The van der Waals surface area contributed by atoms with Gasteiger partial charge in [-0.25, -0.2) is 0 Å². The van der Waals surface area contributed by atoms with E-state index in [-0.39, 0.29) is 5.97 Å². The molecule has 0 atom stereocenters. The van der Waals surface area contributed by atoms with Crippen molar-refractivity contribution in [3.63, 3.8) is 0 Å². The predicted molar refractivity (Wildman–Crippen MR) is 82.9 cm³/mol. The summed E-state index contributed by atoms with van der Waals surface area (Å²) in [4.78, 5) is 18.8. The van der Waals surface area contributed by atoms with Crippen LogP contribution in [0.25, 0.3) is 0 Å². The molecule has 116 valence electrons. The molecule has 2 heterocycles. The monoisotopic (exact) mass is 290 g/mol. The molecule has 0 saturated carbocycles. The number of aromatic nitrogens is 1. The van der Waals surface area contributed by atoms with Gasteiger partial charge in [-0.3, -0.25) is 9.78 Å². The second kappa shape index (κ2) is 7.55. The van der Waals surface area contributed by atoms with Crippen LogP contribution in [-0.2, 0) is 15.1 Å². The maximum atomic E-state index is 11.8. The van der Waals surface area contributed by atoms with Crippen LogP contribution in [0.3, 0.4) is 0 Å². The fourth-order valence-corrected chi connectivity index (χ4v) is 2.85. The van der Waals surface area contributed by atoms with E-state index in [4.69, 9.17) is 4.74 Å². The minimum atomic E-state index is -0.531. The van der Waals surface area contributed by atoms with Crippen molar-refractivity contribution < 1.29 is 9.53 Å². The summed E-state index contributed by atoms with van der Waals surface area (Å²) in [5.41, 5.74) is 0.360. The largest absolute Gasteiger partial charge is 0.452 e. The van der Waals surface area contributed by atoms with Crippen molar-refractivity contribution in [3.8, 4) is 0 Å². The number of nitrogens with zero attached hydrogens (tertiary/aromatic N) is 2. The highest BCUT2D eigenvalue weighted by Gasteiger charge is 2.40. The molecule has 4 heteroatoms. The molecule has 0 N–H and O–H groups in total. The Balaban J connectivity index is 2.10.